The van der Waals surface area contributed by atoms with Crippen molar-refractivity contribution >= 4 is 16.7 Å². The molecule has 4 heteroatoms. The molecule has 0 aliphatic heterocycles. The van der Waals surface area contributed by atoms with Crippen LogP contribution in [0.5, 0.6) is 5.75 Å². The van der Waals surface area contributed by atoms with E-state index in [0.29, 0.717) is 0 Å². The van der Waals surface area contributed by atoms with Crippen molar-refractivity contribution in [3.8, 4) is 5.75 Å². The van der Waals surface area contributed by atoms with Crippen molar-refractivity contribution in [2.45, 2.75) is 13.0 Å². The van der Waals surface area contributed by atoms with Crippen molar-refractivity contribution in [3.05, 3.63) is 90.3 Å². The highest BCUT2D eigenvalue weighted by atomic mass is 16.5. The van der Waals surface area contributed by atoms with Crippen LogP contribution in [0.15, 0.2) is 79.1 Å². The van der Waals surface area contributed by atoms with Crippen LogP contribution < -0.4 is 9.64 Å². The number of aromatic amines is 1. The van der Waals surface area contributed by atoms with Crippen molar-refractivity contribution in [1.29, 1.82) is 0 Å². The van der Waals surface area contributed by atoms with Crippen LogP contribution in [0.25, 0.3) is 11.0 Å². The lowest BCUT2D eigenvalue weighted by molar-refractivity contribution is 0.414. The molecule has 3 aromatic carbocycles. The number of ether oxygens (including phenoxy) is 1. The highest BCUT2D eigenvalue weighted by molar-refractivity contribution is 5.79. The largest absolute Gasteiger partial charge is 0.497 e. The molecule has 27 heavy (non-hydrogen) atoms. The molecule has 4 nitrogen and oxygen atoms in total. The number of hydrogen-bond acceptors (Lipinski definition) is 3. The number of hydrogen-bond donors (Lipinski definition) is 1. The first-order chi connectivity index (χ1) is 13.3. The average molecular weight is 357 g/mol. The predicted octanol–water partition coefficient (Wildman–Crippen LogP) is 4.82. The second kappa shape index (κ2) is 7.96. The van der Waals surface area contributed by atoms with Gasteiger partial charge in [-0.1, -0.05) is 42.5 Å². The number of nitrogens with one attached hydrogen (secondary N) is 1. The van der Waals surface area contributed by atoms with Gasteiger partial charge in [-0.2, -0.15) is 0 Å². The van der Waals surface area contributed by atoms with E-state index < -0.39 is 0 Å². The minimum absolute atomic E-state index is 0.844. The highest BCUT2D eigenvalue weighted by Gasteiger charge is 2.10. The zero-order chi connectivity index (χ0) is 18.5. The van der Waals surface area contributed by atoms with Gasteiger partial charge in [0.25, 0.3) is 0 Å². The van der Waals surface area contributed by atoms with Gasteiger partial charge >= 0.3 is 0 Å². The van der Waals surface area contributed by atoms with Crippen molar-refractivity contribution < 1.29 is 4.74 Å². The maximum absolute atomic E-state index is 5.28. The van der Waals surface area contributed by atoms with E-state index in [1.807, 2.05) is 12.1 Å². The van der Waals surface area contributed by atoms with Gasteiger partial charge in [-0.3, -0.25) is 0 Å². The van der Waals surface area contributed by atoms with E-state index in [9.17, 15) is 0 Å². The fourth-order valence-corrected chi connectivity index (χ4v) is 3.28. The van der Waals surface area contributed by atoms with Gasteiger partial charge in [0.05, 0.1) is 24.5 Å². The van der Waals surface area contributed by atoms with Crippen LogP contribution in [0, 0.1) is 0 Å². The summed E-state index contributed by atoms with van der Waals surface area (Å²) in [7, 11) is 1.70. The van der Waals surface area contributed by atoms with E-state index in [1.165, 1.54) is 16.8 Å². The van der Waals surface area contributed by atoms with Crippen LogP contribution in [0.2, 0.25) is 0 Å². The summed E-state index contributed by atoms with van der Waals surface area (Å²) in [4.78, 5) is 9.95. The summed E-state index contributed by atoms with van der Waals surface area (Å²) < 4.78 is 5.28. The van der Waals surface area contributed by atoms with Crippen LogP contribution in [-0.2, 0) is 13.0 Å². The summed E-state index contributed by atoms with van der Waals surface area (Å²) in [5.74, 6) is 0.883. The molecule has 0 atom stereocenters. The molecule has 0 aliphatic carbocycles. The second-order valence-corrected chi connectivity index (χ2v) is 6.61. The molecule has 4 aromatic rings. The minimum Gasteiger partial charge on any atom is -0.497 e. The molecule has 0 bridgehead atoms. The molecule has 0 saturated heterocycles. The molecular formula is C23H23N3O. The van der Waals surface area contributed by atoms with E-state index >= 15 is 0 Å². The Balaban J connectivity index is 1.58. The van der Waals surface area contributed by atoms with Crippen LogP contribution >= 0.6 is 0 Å². The zero-order valence-electron chi connectivity index (χ0n) is 15.4. The molecule has 0 saturated carbocycles. The number of aromatic nitrogens is 2. The van der Waals surface area contributed by atoms with Crippen molar-refractivity contribution in [2.75, 3.05) is 18.6 Å². The summed E-state index contributed by atoms with van der Waals surface area (Å²) in [6.45, 7) is 1.78. The second-order valence-electron chi connectivity index (χ2n) is 6.61. The van der Waals surface area contributed by atoms with E-state index in [-0.39, 0.29) is 0 Å². The van der Waals surface area contributed by atoms with E-state index in [0.717, 1.165) is 36.3 Å². The van der Waals surface area contributed by atoms with Gasteiger partial charge in [-0.15, -0.1) is 0 Å². The maximum atomic E-state index is 5.28. The molecule has 1 N–H and O–H groups in total. The first kappa shape index (κ1) is 17.2. The van der Waals surface area contributed by atoms with Gasteiger partial charge in [-0.25, -0.2) is 4.98 Å². The fraction of sp³-hybridized carbons (Fsp3) is 0.174. The third-order valence-corrected chi connectivity index (χ3v) is 4.81. The highest BCUT2D eigenvalue weighted by Crippen LogP contribution is 2.23. The normalized spacial score (nSPS) is 10.9. The molecule has 1 heterocycles. The lowest BCUT2D eigenvalue weighted by Crippen LogP contribution is -2.25. The first-order valence-electron chi connectivity index (χ1n) is 9.17. The molecular weight excluding hydrogens is 334 g/mol. The van der Waals surface area contributed by atoms with Gasteiger partial charge in [-0.05, 0) is 47.9 Å². The molecule has 0 fully saturated rings. The Morgan fingerprint density at radius 3 is 2.52 bits per heavy atom. The third-order valence-electron chi connectivity index (χ3n) is 4.81. The topological polar surface area (TPSA) is 41.1 Å². The molecule has 0 spiro atoms. The van der Waals surface area contributed by atoms with Crippen LogP contribution in [-0.4, -0.2) is 23.6 Å². The quantitative estimate of drug-likeness (QED) is 0.515. The summed E-state index contributed by atoms with van der Waals surface area (Å²) in [6.07, 6.45) is 2.74. The maximum Gasteiger partial charge on any atom is 0.118 e. The average Bonchev–Trinajstić information content (AvgIpc) is 3.20. The van der Waals surface area contributed by atoms with Crippen molar-refractivity contribution in [1.82, 2.24) is 9.97 Å². The van der Waals surface area contributed by atoms with E-state index in [2.05, 4.69) is 75.5 Å². The van der Waals surface area contributed by atoms with Crippen LogP contribution in [0.4, 0.5) is 5.69 Å². The first-order valence-corrected chi connectivity index (χ1v) is 9.17. The number of anilines is 1. The fourth-order valence-electron chi connectivity index (χ4n) is 3.28. The Morgan fingerprint density at radius 1 is 0.926 bits per heavy atom. The molecule has 1 aromatic heterocycles. The third kappa shape index (κ3) is 4.11. The van der Waals surface area contributed by atoms with Crippen LogP contribution in [0.3, 0.4) is 0 Å². The summed E-state index contributed by atoms with van der Waals surface area (Å²) in [5, 5.41) is 0. The Bertz CT molecular complexity index is 993. The van der Waals surface area contributed by atoms with E-state index in [1.54, 1.807) is 13.4 Å². The van der Waals surface area contributed by atoms with Gasteiger partial charge in [0.15, 0.2) is 0 Å². The molecule has 0 radical (unpaired) electrons. The lowest BCUT2D eigenvalue weighted by atomic mass is 10.1. The van der Waals surface area contributed by atoms with Crippen LogP contribution in [0.1, 0.15) is 11.1 Å². The SMILES string of the molecule is COc1ccc(CN(CCc2ccccc2)c2ccc3nc[nH]c3c2)cc1. The monoisotopic (exact) mass is 357 g/mol. The number of fused-ring (bicyclic) bond motifs is 1. The van der Waals surface area contributed by atoms with Crippen molar-refractivity contribution in [3.63, 3.8) is 0 Å². The Labute approximate surface area is 159 Å². The molecule has 0 amide bonds. The number of H-pyrrole nitrogens is 1. The summed E-state index contributed by atoms with van der Waals surface area (Å²) in [6, 6.07) is 25.3. The number of imidazole rings is 1. The standard InChI is InChI=1S/C23H23N3O/c1-27-21-10-7-19(8-11-21)16-26(14-13-18-5-3-2-4-6-18)20-9-12-22-23(15-20)25-17-24-22/h2-12,15,17H,13-14,16H2,1H3,(H,24,25). The van der Waals surface area contributed by atoms with E-state index in [4.69, 9.17) is 4.74 Å². The van der Waals surface area contributed by atoms with Gasteiger partial charge in [0.1, 0.15) is 5.75 Å². The van der Waals surface area contributed by atoms with Crippen molar-refractivity contribution in [2.24, 2.45) is 0 Å². The smallest absolute Gasteiger partial charge is 0.118 e. The van der Waals surface area contributed by atoms with Gasteiger partial charge in [0, 0.05) is 18.8 Å². The Kier molecular flexibility index (Phi) is 5.06. The number of nitrogens with zero attached hydrogens (tertiary/aromatic N) is 2. The lowest BCUT2D eigenvalue weighted by Gasteiger charge is -2.25. The summed E-state index contributed by atoms with van der Waals surface area (Å²) >= 11 is 0. The molecule has 0 unspecified atom stereocenters. The summed E-state index contributed by atoms with van der Waals surface area (Å²) in [5.41, 5.74) is 5.85. The zero-order valence-corrected chi connectivity index (χ0v) is 15.4. The Morgan fingerprint density at radius 2 is 1.74 bits per heavy atom. The molecule has 0 aliphatic rings. The minimum atomic E-state index is 0.844. The Hall–Kier alpha value is -3.27. The van der Waals surface area contributed by atoms with Gasteiger partial charge < -0.3 is 14.6 Å². The van der Waals surface area contributed by atoms with Gasteiger partial charge in [0.2, 0.25) is 0 Å². The molecule has 136 valence electrons. The number of methoxy groups -OCH3 is 1. The number of rotatable bonds is 7. The molecule has 4 rings (SSSR count). The number of benzene rings is 3. The predicted molar refractivity (Wildman–Crippen MR) is 110 cm³/mol.